The second-order valence-corrected chi connectivity index (χ2v) is 6.21. The first-order valence-corrected chi connectivity index (χ1v) is 7.23. The van der Waals surface area contributed by atoms with Crippen molar-refractivity contribution in [2.45, 2.75) is 44.8 Å². The number of hydrogen-bond donors (Lipinski definition) is 0. The van der Waals surface area contributed by atoms with Crippen molar-refractivity contribution in [3.05, 3.63) is 0 Å². The second-order valence-electron chi connectivity index (χ2n) is 4.61. The average molecular weight is 231 g/mol. The van der Waals surface area contributed by atoms with E-state index >= 15 is 0 Å². The van der Waals surface area contributed by atoms with E-state index in [0.717, 1.165) is 38.4 Å². The van der Waals surface area contributed by atoms with Gasteiger partial charge in [0.15, 0.2) is 6.23 Å². The monoisotopic (exact) mass is 231 g/mol. The van der Waals surface area contributed by atoms with Crippen molar-refractivity contribution in [3.8, 4) is 0 Å². The molecule has 2 rings (SSSR count). The van der Waals surface area contributed by atoms with Crippen molar-refractivity contribution in [1.82, 2.24) is 0 Å². The van der Waals surface area contributed by atoms with Gasteiger partial charge in [-0.2, -0.15) is 8.42 Å². The molecular formula is C10H17NO3S. The maximum absolute atomic E-state index is 11.1. The van der Waals surface area contributed by atoms with E-state index in [2.05, 4.69) is 4.99 Å². The Bertz CT molecular complexity index is 355. The van der Waals surface area contributed by atoms with Crippen LogP contribution >= 0.6 is 0 Å². The van der Waals surface area contributed by atoms with Crippen LogP contribution in [0.25, 0.3) is 0 Å². The van der Waals surface area contributed by atoms with Crippen molar-refractivity contribution < 1.29 is 12.6 Å². The molecule has 1 spiro atoms. The van der Waals surface area contributed by atoms with Crippen molar-refractivity contribution in [2.24, 2.45) is 10.4 Å². The maximum atomic E-state index is 11.1. The van der Waals surface area contributed by atoms with Crippen LogP contribution in [0.5, 0.6) is 0 Å². The molecule has 0 radical (unpaired) electrons. The molecule has 15 heavy (non-hydrogen) atoms. The van der Waals surface area contributed by atoms with Gasteiger partial charge in [-0.3, -0.25) is 4.99 Å². The van der Waals surface area contributed by atoms with Gasteiger partial charge in [0.25, 0.3) is 10.1 Å². The lowest BCUT2D eigenvalue weighted by Gasteiger charge is -2.36. The highest BCUT2D eigenvalue weighted by atomic mass is 32.2. The van der Waals surface area contributed by atoms with Crippen molar-refractivity contribution in [1.29, 1.82) is 0 Å². The third kappa shape index (κ3) is 2.39. The molecule has 1 aliphatic heterocycles. The number of aliphatic imine (C=N–C) groups is 1. The third-order valence-corrected chi connectivity index (χ3v) is 3.91. The van der Waals surface area contributed by atoms with E-state index in [1.807, 2.05) is 6.21 Å². The molecule has 1 saturated carbocycles. The molecule has 0 N–H and O–H groups in total. The molecule has 4 nitrogen and oxygen atoms in total. The minimum atomic E-state index is -3.40. The SMILES string of the molecule is CS(=O)(=O)OC1N=CCC12CCCCC2. The topological polar surface area (TPSA) is 55.7 Å². The van der Waals surface area contributed by atoms with E-state index < -0.39 is 16.3 Å². The van der Waals surface area contributed by atoms with E-state index in [9.17, 15) is 8.42 Å². The van der Waals surface area contributed by atoms with Gasteiger partial charge in [-0.05, 0) is 19.3 Å². The first-order chi connectivity index (χ1) is 7.02. The smallest absolute Gasteiger partial charge is 0.264 e. The third-order valence-electron chi connectivity index (χ3n) is 3.38. The van der Waals surface area contributed by atoms with Gasteiger partial charge in [0.2, 0.25) is 0 Å². The molecule has 0 aromatic carbocycles. The highest BCUT2D eigenvalue weighted by Gasteiger charge is 2.44. The summed E-state index contributed by atoms with van der Waals surface area (Å²) in [5.74, 6) is 0. The van der Waals surface area contributed by atoms with Crippen LogP contribution in [0.3, 0.4) is 0 Å². The summed E-state index contributed by atoms with van der Waals surface area (Å²) in [6.45, 7) is 0. The Morgan fingerprint density at radius 1 is 1.33 bits per heavy atom. The molecule has 0 bridgehead atoms. The Kier molecular flexibility index (Phi) is 2.85. The summed E-state index contributed by atoms with van der Waals surface area (Å²) in [6.07, 6.45) is 8.95. The Labute approximate surface area is 90.9 Å². The molecule has 1 aliphatic carbocycles. The van der Waals surface area contributed by atoms with E-state index in [0.29, 0.717) is 0 Å². The van der Waals surface area contributed by atoms with Crippen LogP contribution in [-0.2, 0) is 14.3 Å². The molecule has 2 aliphatic rings. The molecular weight excluding hydrogens is 214 g/mol. The van der Waals surface area contributed by atoms with Crippen LogP contribution in [-0.4, -0.2) is 27.1 Å². The molecule has 0 aromatic rings. The van der Waals surface area contributed by atoms with Gasteiger partial charge in [-0.25, -0.2) is 4.18 Å². The van der Waals surface area contributed by atoms with E-state index in [1.165, 1.54) is 6.42 Å². The minimum absolute atomic E-state index is 0.0265. The van der Waals surface area contributed by atoms with Gasteiger partial charge in [0, 0.05) is 11.6 Å². The standard InChI is InChI=1S/C10H17NO3S/c1-15(12,13)14-9-10(7-8-11-9)5-3-2-4-6-10/h8-9H,2-7H2,1H3. The van der Waals surface area contributed by atoms with Gasteiger partial charge >= 0.3 is 0 Å². The summed E-state index contributed by atoms with van der Waals surface area (Å²) in [7, 11) is -3.40. The number of rotatable bonds is 2. The van der Waals surface area contributed by atoms with Crippen LogP contribution in [0.15, 0.2) is 4.99 Å². The molecule has 0 amide bonds. The lowest BCUT2D eigenvalue weighted by atomic mass is 9.72. The molecule has 5 heteroatoms. The normalized spacial score (nSPS) is 29.8. The fraction of sp³-hybridized carbons (Fsp3) is 0.900. The molecule has 0 saturated heterocycles. The van der Waals surface area contributed by atoms with E-state index in [-0.39, 0.29) is 5.41 Å². The zero-order valence-corrected chi connectivity index (χ0v) is 9.79. The lowest BCUT2D eigenvalue weighted by molar-refractivity contribution is 0.0439. The summed E-state index contributed by atoms with van der Waals surface area (Å²) in [4.78, 5) is 4.17. The van der Waals surface area contributed by atoms with Crippen molar-refractivity contribution >= 4 is 16.3 Å². The Balaban J connectivity index is 2.12. The molecule has 0 aromatic heterocycles. The largest absolute Gasteiger partial charge is 0.266 e. The first-order valence-electron chi connectivity index (χ1n) is 5.42. The van der Waals surface area contributed by atoms with Gasteiger partial charge in [0.05, 0.1) is 6.26 Å². The summed E-state index contributed by atoms with van der Waals surface area (Å²) in [5, 5.41) is 0. The van der Waals surface area contributed by atoms with Crippen LogP contribution in [0, 0.1) is 5.41 Å². The fourth-order valence-corrected chi connectivity index (χ4v) is 3.17. The predicted octanol–water partition coefficient (Wildman–Crippen LogP) is 1.71. The van der Waals surface area contributed by atoms with Crippen LogP contribution in [0.4, 0.5) is 0 Å². The highest BCUT2D eigenvalue weighted by Crippen LogP contribution is 2.46. The summed E-state index contributed by atoms with van der Waals surface area (Å²) >= 11 is 0. The fourth-order valence-electron chi connectivity index (χ4n) is 2.59. The molecule has 1 atom stereocenters. The minimum Gasteiger partial charge on any atom is -0.264 e. The van der Waals surface area contributed by atoms with Gasteiger partial charge < -0.3 is 0 Å². The van der Waals surface area contributed by atoms with Crippen LogP contribution in [0.1, 0.15) is 38.5 Å². The summed E-state index contributed by atoms with van der Waals surface area (Å²) < 4.78 is 27.3. The first kappa shape index (κ1) is 11.1. The van der Waals surface area contributed by atoms with Crippen LogP contribution in [0.2, 0.25) is 0 Å². The highest BCUT2D eigenvalue weighted by molar-refractivity contribution is 7.86. The zero-order chi connectivity index (χ0) is 10.9. The van der Waals surface area contributed by atoms with Gasteiger partial charge in [0.1, 0.15) is 0 Å². The van der Waals surface area contributed by atoms with Gasteiger partial charge in [-0.15, -0.1) is 0 Å². The van der Waals surface area contributed by atoms with Crippen LogP contribution < -0.4 is 0 Å². The van der Waals surface area contributed by atoms with Gasteiger partial charge in [-0.1, -0.05) is 19.3 Å². The van der Waals surface area contributed by atoms with Crippen molar-refractivity contribution in [3.63, 3.8) is 0 Å². The molecule has 1 unspecified atom stereocenters. The van der Waals surface area contributed by atoms with Crippen molar-refractivity contribution in [2.75, 3.05) is 6.26 Å². The number of hydrogen-bond acceptors (Lipinski definition) is 4. The predicted molar refractivity (Wildman–Crippen MR) is 58.3 cm³/mol. The summed E-state index contributed by atoms with van der Waals surface area (Å²) in [5.41, 5.74) is -0.0265. The number of nitrogens with zero attached hydrogens (tertiary/aromatic N) is 1. The Hall–Kier alpha value is -0.420. The zero-order valence-electron chi connectivity index (χ0n) is 8.98. The van der Waals surface area contributed by atoms with E-state index in [1.54, 1.807) is 0 Å². The molecule has 1 heterocycles. The molecule has 86 valence electrons. The lowest BCUT2D eigenvalue weighted by Crippen LogP contribution is -2.35. The average Bonchev–Trinajstić information content (AvgIpc) is 2.48. The van der Waals surface area contributed by atoms with E-state index in [4.69, 9.17) is 4.18 Å². The molecule has 1 fully saturated rings. The summed E-state index contributed by atoms with van der Waals surface area (Å²) in [6, 6.07) is 0. The quantitative estimate of drug-likeness (QED) is 0.680. The maximum Gasteiger partial charge on any atom is 0.266 e. The second kappa shape index (κ2) is 3.87. The Morgan fingerprint density at radius 2 is 2.00 bits per heavy atom. The Morgan fingerprint density at radius 3 is 2.60 bits per heavy atom.